The number of nitrogens with zero attached hydrogens (tertiary/aromatic N) is 1. The third-order valence-electron chi connectivity index (χ3n) is 3.45. The van der Waals surface area contributed by atoms with Crippen molar-refractivity contribution in [2.45, 2.75) is 25.2 Å². The van der Waals surface area contributed by atoms with Crippen LogP contribution in [-0.4, -0.2) is 43.9 Å². The summed E-state index contributed by atoms with van der Waals surface area (Å²) in [5.74, 6) is -0.819. The highest BCUT2D eigenvalue weighted by Crippen LogP contribution is 2.34. The summed E-state index contributed by atoms with van der Waals surface area (Å²) in [6.45, 7) is 3.08. The molecule has 21 heavy (non-hydrogen) atoms. The Balaban J connectivity index is 1.88. The first-order valence-corrected chi connectivity index (χ1v) is 7.00. The molecule has 2 atom stereocenters. The van der Waals surface area contributed by atoms with Gasteiger partial charge in [-0.25, -0.2) is 4.79 Å². The topological polar surface area (TPSA) is 66.4 Å². The minimum atomic E-state index is -0.522. The van der Waals surface area contributed by atoms with Crippen molar-refractivity contribution in [3.05, 3.63) is 35.9 Å². The van der Waals surface area contributed by atoms with Crippen molar-refractivity contribution in [1.29, 1.82) is 0 Å². The van der Waals surface area contributed by atoms with E-state index in [1.165, 1.54) is 0 Å². The van der Waals surface area contributed by atoms with Crippen LogP contribution in [0.2, 0.25) is 0 Å². The molecule has 0 aliphatic carbocycles. The zero-order valence-electron chi connectivity index (χ0n) is 11.7. The predicted molar refractivity (Wildman–Crippen MR) is 73.8 cm³/mol. The summed E-state index contributed by atoms with van der Waals surface area (Å²) in [5.41, 5.74) is 1.18. The van der Waals surface area contributed by atoms with Crippen LogP contribution in [0.15, 0.2) is 35.5 Å². The summed E-state index contributed by atoms with van der Waals surface area (Å²) in [7, 11) is 0. The van der Waals surface area contributed by atoms with E-state index in [4.69, 9.17) is 19.0 Å². The van der Waals surface area contributed by atoms with E-state index in [0.29, 0.717) is 19.8 Å². The Kier molecular flexibility index (Phi) is 4.17. The molecular weight excluding hydrogens is 274 g/mol. The zero-order valence-corrected chi connectivity index (χ0v) is 11.7. The van der Waals surface area contributed by atoms with Crippen molar-refractivity contribution in [3.8, 4) is 0 Å². The number of ether oxygens (including phenoxy) is 3. The Morgan fingerprint density at radius 1 is 1.29 bits per heavy atom. The third kappa shape index (κ3) is 2.77. The summed E-state index contributed by atoms with van der Waals surface area (Å²) in [6, 6.07) is 9.58. The molecule has 1 aromatic carbocycles. The number of esters is 1. The molecule has 2 unspecified atom stereocenters. The van der Waals surface area contributed by atoms with Gasteiger partial charge in [-0.05, 0) is 12.5 Å². The average molecular weight is 291 g/mol. The molecule has 1 fully saturated rings. The third-order valence-corrected chi connectivity index (χ3v) is 3.45. The highest BCUT2D eigenvalue weighted by Gasteiger charge is 2.46. The van der Waals surface area contributed by atoms with Gasteiger partial charge in [0, 0.05) is 0 Å². The van der Waals surface area contributed by atoms with Crippen LogP contribution in [0, 0.1) is 0 Å². The van der Waals surface area contributed by atoms with E-state index in [1.807, 2.05) is 30.3 Å². The van der Waals surface area contributed by atoms with Crippen LogP contribution in [0.5, 0.6) is 0 Å². The van der Waals surface area contributed by atoms with E-state index in [0.717, 1.165) is 5.56 Å². The average Bonchev–Trinajstić information content (AvgIpc) is 3.17. The number of rotatable bonds is 4. The Morgan fingerprint density at radius 2 is 2.00 bits per heavy atom. The molecular formula is C15H17NO5. The molecule has 6 heteroatoms. The van der Waals surface area contributed by atoms with Crippen molar-refractivity contribution < 1.29 is 23.8 Å². The minimum Gasteiger partial charge on any atom is -0.461 e. The highest BCUT2D eigenvalue weighted by atomic mass is 16.8. The maximum Gasteiger partial charge on any atom is 0.356 e. The largest absolute Gasteiger partial charge is 0.461 e. The fourth-order valence-electron chi connectivity index (χ4n) is 2.54. The van der Waals surface area contributed by atoms with Crippen molar-refractivity contribution in [2.75, 3.05) is 19.8 Å². The summed E-state index contributed by atoms with van der Waals surface area (Å²) < 4.78 is 16.1. The lowest BCUT2D eigenvalue weighted by atomic mass is 9.89. The Bertz CT molecular complexity index is 524. The maximum atomic E-state index is 12.1. The molecule has 6 nitrogen and oxygen atoms in total. The quantitative estimate of drug-likeness (QED) is 0.786. The molecule has 1 saturated heterocycles. The molecule has 2 aliphatic heterocycles. The second kappa shape index (κ2) is 6.24. The minimum absolute atomic E-state index is 0.257. The molecule has 1 aromatic rings. The Morgan fingerprint density at radius 3 is 2.67 bits per heavy atom. The zero-order chi connectivity index (χ0) is 14.7. The van der Waals surface area contributed by atoms with E-state index in [9.17, 15) is 4.79 Å². The van der Waals surface area contributed by atoms with E-state index < -0.39 is 18.4 Å². The summed E-state index contributed by atoms with van der Waals surface area (Å²) in [5, 5.41) is 3.92. The standard InChI is InChI=1S/C15H17NO5/c1-2-18-14(17)12-11(10-6-4-3-5-7-10)13(21-16-12)15-19-8-9-20-15/h3-7,11,13,15H,2,8-9H2,1H3. The first kappa shape index (κ1) is 14.0. The lowest BCUT2D eigenvalue weighted by Gasteiger charge is -2.22. The van der Waals surface area contributed by atoms with Crippen molar-refractivity contribution in [1.82, 2.24) is 0 Å². The van der Waals surface area contributed by atoms with Gasteiger partial charge in [-0.15, -0.1) is 0 Å². The van der Waals surface area contributed by atoms with E-state index >= 15 is 0 Å². The molecule has 0 amide bonds. The van der Waals surface area contributed by atoms with E-state index in [-0.39, 0.29) is 11.6 Å². The number of carbonyl (C=O) groups excluding carboxylic acids is 1. The summed E-state index contributed by atoms with van der Waals surface area (Å²) >= 11 is 0. The van der Waals surface area contributed by atoms with Gasteiger partial charge >= 0.3 is 5.97 Å². The van der Waals surface area contributed by atoms with Crippen molar-refractivity contribution in [2.24, 2.45) is 5.16 Å². The molecule has 0 bridgehead atoms. The molecule has 0 saturated carbocycles. The number of benzene rings is 1. The van der Waals surface area contributed by atoms with Crippen molar-refractivity contribution >= 4 is 11.7 Å². The predicted octanol–water partition coefficient (Wildman–Crippen LogP) is 1.46. The van der Waals surface area contributed by atoms with Gasteiger partial charge < -0.3 is 19.0 Å². The molecule has 112 valence electrons. The molecule has 2 aliphatic rings. The molecule has 0 radical (unpaired) electrons. The van der Waals surface area contributed by atoms with Crippen LogP contribution < -0.4 is 0 Å². The van der Waals surface area contributed by atoms with Crippen LogP contribution in [0.1, 0.15) is 18.4 Å². The Hall–Kier alpha value is -1.92. The van der Waals surface area contributed by atoms with E-state index in [1.54, 1.807) is 6.92 Å². The second-order valence-corrected chi connectivity index (χ2v) is 4.77. The lowest BCUT2D eigenvalue weighted by Crippen LogP contribution is -2.36. The van der Waals surface area contributed by atoms with Crippen LogP contribution in [0.25, 0.3) is 0 Å². The van der Waals surface area contributed by atoms with Crippen LogP contribution in [0.4, 0.5) is 0 Å². The fourth-order valence-corrected chi connectivity index (χ4v) is 2.54. The van der Waals surface area contributed by atoms with Crippen LogP contribution >= 0.6 is 0 Å². The lowest BCUT2D eigenvalue weighted by molar-refractivity contribution is -0.137. The van der Waals surface area contributed by atoms with Gasteiger partial charge in [0.2, 0.25) is 0 Å². The number of carbonyl (C=O) groups is 1. The summed E-state index contributed by atoms with van der Waals surface area (Å²) in [4.78, 5) is 17.5. The molecule has 0 spiro atoms. The van der Waals surface area contributed by atoms with Gasteiger partial charge in [-0.3, -0.25) is 0 Å². The molecule has 0 aromatic heterocycles. The normalized spacial score (nSPS) is 25.5. The van der Waals surface area contributed by atoms with Crippen LogP contribution in [-0.2, 0) is 23.8 Å². The van der Waals surface area contributed by atoms with Gasteiger partial charge in [-0.1, -0.05) is 35.5 Å². The molecule has 2 heterocycles. The van der Waals surface area contributed by atoms with E-state index in [2.05, 4.69) is 5.16 Å². The number of hydrogen-bond donors (Lipinski definition) is 0. The van der Waals surface area contributed by atoms with Gasteiger partial charge in [0.25, 0.3) is 0 Å². The summed E-state index contributed by atoms with van der Waals surface area (Å²) in [6.07, 6.45) is -1.000. The van der Waals surface area contributed by atoms with Gasteiger partial charge in [0.05, 0.1) is 25.7 Å². The highest BCUT2D eigenvalue weighted by molar-refractivity contribution is 6.39. The first-order chi connectivity index (χ1) is 10.3. The first-order valence-electron chi connectivity index (χ1n) is 7.00. The van der Waals surface area contributed by atoms with Gasteiger partial charge in [0.15, 0.2) is 18.1 Å². The number of hydrogen-bond acceptors (Lipinski definition) is 6. The molecule has 0 N–H and O–H groups in total. The molecule has 3 rings (SSSR count). The van der Waals surface area contributed by atoms with Crippen molar-refractivity contribution in [3.63, 3.8) is 0 Å². The maximum absolute atomic E-state index is 12.1. The Labute approximate surface area is 122 Å². The van der Waals surface area contributed by atoms with Gasteiger partial charge in [0.1, 0.15) is 0 Å². The fraction of sp³-hybridized carbons (Fsp3) is 0.467. The van der Waals surface area contributed by atoms with Gasteiger partial charge in [-0.2, -0.15) is 0 Å². The monoisotopic (exact) mass is 291 g/mol. The van der Waals surface area contributed by atoms with Crippen LogP contribution in [0.3, 0.4) is 0 Å². The number of oxime groups is 1. The smallest absolute Gasteiger partial charge is 0.356 e. The SMILES string of the molecule is CCOC(=O)C1=NOC(C2OCCO2)C1c1ccccc1. The second-order valence-electron chi connectivity index (χ2n) is 4.77.